The largest absolute Gasteiger partial charge is 0.490 e. The molecule has 4 heterocycles. The minimum atomic E-state index is -0.765. The Balaban J connectivity index is 0.828. The Morgan fingerprint density at radius 2 is 1.55 bits per heavy atom. The number of piperidine rings is 2. The molecule has 0 spiro atoms. The predicted molar refractivity (Wildman–Crippen MR) is 251 cm³/mol. The van der Waals surface area contributed by atoms with E-state index >= 15 is 0 Å². The zero-order valence-electron chi connectivity index (χ0n) is 39.6. The lowest BCUT2D eigenvalue weighted by Gasteiger charge is -2.63. The molecule has 2 aliphatic carbocycles. The maximum atomic E-state index is 13.8. The van der Waals surface area contributed by atoms with Crippen LogP contribution in [0.15, 0.2) is 54.6 Å². The molecule has 2 bridgehead atoms. The predicted octanol–water partition coefficient (Wildman–Crippen LogP) is 7.73. The topological polar surface area (TPSA) is 160 Å². The normalized spacial score (nSPS) is 25.7. The van der Waals surface area contributed by atoms with E-state index < -0.39 is 17.9 Å². The number of Topliss-reactive ketones (excluding diaryl/α,β-unsaturated/α-hetero) is 1. The van der Waals surface area contributed by atoms with Crippen molar-refractivity contribution in [3.05, 3.63) is 82.4 Å². The summed E-state index contributed by atoms with van der Waals surface area (Å²) in [6.07, 6.45) is 6.38. The number of amides is 3. The highest BCUT2D eigenvalue weighted by Crippen LogP contribution is 2.62. The van der Waals surface area contributed by atoms with Crippen molar-refractivity contribution in [1.29, 1.82) is 5.26 Å². The van der Waals surface area contributed by atoms with Gasteiger partial charge in [0.2, 0.25) is 11.8 Å². The molecule has 0 aromatic heterocycles. The standard InChI is InChI=1S/C53H67N5O8/c1-33-25-40(26-34(2)42(33)31-54)66-51-52(3,4)47(53(51,5)6)30-44(59)36-9-12-38(13-10-36)57-19-17-35(18-20-57)32-58-21-24-63-22-7-8-23-64-45-15-11-37(27-46(45)65-41-28-39(58)29-41)49(61)55-43-14-16-48(60)56-50(43)62/h9-13,15,25-27,35,39,41,43,47,51H,7-8,14,16-24,28-30,32H2,1-6H3,(H,55,61)(H,56,60,62). The summed E-state index contributed by atoms with van der Waals surface area (Å²) in [6.45, 7) is 18.3. The molecule has 2 saturated carbocycles. The van der Waals surface area contributed by atoms with Gasteiger partial charge >= 0.3 is 0 Å². The fraction of sp³-hybridized carbons (Fsp3) is 0.566. The Bertz CT molecular complexity index is 2280. The molecule has 4 aliphatic heterocycles. The Hall–Kier alpha value is -5.45. The van der Waals surface area contributed by atoms with Crippen molar-refractivity contribution >= 4 is 29.2 Å². The number of nitrogens with one attached hydrogen (secondary N) is 2. The van der Waals surface area contributed by atoms with Crippen molar-refractivity contribution in [2.75, 3.05) is 50.9 Å². The highest BCUT2D eigenvalue weighted by Gasteiger charge is 2.63. The minimum Gasteiger partial charge on any atom is -0.490 e. The molecule has 4 fully saturated rings. The van der Waals surface area contributed by atoms with E-state index in [0.717, 1.165) is 92.8 Å². The number of nitriles is 1. The number of carbonyl (C=O) groups is 4. The fourth-order valence-corrected chi connectivity index (χ4v) is 11.4. The van der Waals surface area contributed by atoms with Gasteiger partial charge in [-0.25, -0.2) is 0 Å². The van der Waals surface area contributed by atoms with Crippen LogP contribution in [0.4, 0.5) is 5.69 Å². The molecule has 1 unspecified atom stereocenters. The van der Waals surface area contributed by atoms with E-state index in [2.05, 4.69) is 66.3 Å². The van der Waals surface area contributed by atoms with Crippen molar-refractivity contribution in [2.45, 2.75) is 124 Å². The summed E-state index contributed by atoms with van der Waals surface area (Å²) in [5.41, 5.74) is 4.36. The van der Waals surface area contributed by atoms with Crippen molar-refractivity contribution in [3.63, 3.8) is 0 Å². The molecule has 13 heteroatoms. The summed E-state index contributed by atoms with van der Waals surface area (Å²) in [4.78, 5) is 55.9. The molecule has 3 aromatic carbocycles. The van der Waals surface area contributed by atoms with Gasteiger partial charge < -0.3 is 29.2 Å². The molecule has 3 amide bonds. The van der Waals surface area contributed by atoms with Gasteiger partial charge in [-0.3, -0.25) is 29.4 Å². The maximum Gasteiger partial charge on any atom is 0.252 e. The molecular weight excluding hydrogens is 835 g/mol. The molecule has 2 N–H and O–H groups in total. The number of benzene rings is 3. The smallest absolute Gasteiger partial charge is 0.252 e. The molecule has 2 saturated heterocycles. The van der Waals surface area contributed by atoms with Crippen LogP contribution in [0.3, 0.4) is 0 Å². The highest BCUT2D eigenvalue weighted by molar-refractivity contribution is 6.04. The molecular formula is C53H67N5O8. The number of aryl methyl sites for hydroxylation is 2. The van der Waals surface area contributed by atoms with Gasteiger partial charge in [0.05, 0.1) is 24.8 Å². The second-order valence-corrected chi connectivity index (χ2v) is 20.5. The monoisotopic (exact) mass is 901 g/mol. The SMILES string of the molecule is Cc1cc(OC2C(C)(C)C(CC(=O)c3ccc(N4CCC(CN5CCOCCCCOc6ccc(C(=O)NC7CCC(=O)NC7=O)cc6OC6CC5C6)CC4)cc3)C2(C)C)cc(C)c1C#N. The van der Waals surface area contributed by atoms with Crippen LogP contribution in [0, 0.1) is 47.8 Å². The quantitative estimate of drug-likeness (QED) is 0.152. The third-order valence-electron chi connectivity index (χ3n) is 15.2. The van der Waals surface area contributed by atoms with Crippen LogP contribution in [-0.4, -0.2) is 98.7 Å². The Morgan fingerprint density at radius 3 is 2.23 bits per heavy atom. The van der Waals surface area contributed by atoms with Gasteiger partial charge in [-0.05, 0) is 124 Å². The molecule has 6 aliphatic rings. The van der Waals surface area contributed by atoms with Crippen LogP contribution in [0.1, 0.15) is 123 Å². The molecule has 66 heavy (non-hydrogen) atoms. The molecule has 9 rings (SSSR count). The van der Waals surface area contributed by atoms with E-state index in [9.17, 15) is 24.4 Å². The van der Waals surface area contributed by atoms with E-state index in [0.29, 0.717) is 60.8 Å². The number of imide groups is 1. The molecule has 13 nitrogen and oxygen atoms in total. The van der Waals surface area contributed by atoms with Crippen molar-refractivity contribution in [3.8, 4) is 23.3 Å². The number of nitrogens with zero attached hydrogens (tertiary/aromatic N) is 3. The van der Waals surface area contributed by atoms with Gasteiger partial charge in [0.25, 0.3) is 5.91 Å². The van der Waals surface area contributed by atoms with Crippen LogP contribution in [0.25, 0.3) is 0 Å². The van der Waals surface area contributed by atoms with Crippen LogP contribution >= 0.6 is 0 Å². The summed E-state index contributed by atoms with van der Waals surface area (Å²) in [6, 6.07) is 19.1. The van der Waals surface area contributed by atoms with Crippen LogP contribution in [0.5, 0.6) is 17.2 Å². The van der Waals surface area contributed by atoms with E-state index in [-0.39, 0.29) is 53.5 Å². The first kappa shape index (κ1) is 47.1. The second kappa shape index (κ2) is 19.8. The molecule has 0 radical (unpaired) electrons. The van der Waals surface area contributed by atoms with Gasteiger partial charge in [-0.15, -0.1) is 0 Å². The average molecular weight is 902 g/mol. The number of ether oxygens (including phenoxy) is 4. The van der Waals surface area contributed by atoms with Gasteiger partial charge in [-0.2, -0.15) is 5.26 Å². The number of anilines is 1. The summed E-state index contributed by atoms with van der Waals surface area (Å²) in [7, 11) is 0. The fourth-order valence-electron chi connectivity index (χ4n) is 11.4. The van der Waals surface area contributed by atoms with E-state index in [1.807, 2.05) is 38.1 Å². The zero-order chi connectivity index (χ0) is 46.8. The average Bonchev–Trinajstić information content (AvgIpc) is 3.28. The van der Waals surface area contributed by atoms with Gasteiger partial charge in [0.1, 0.15) is 24.0 Å². The molecule has 352 valence electrons. The van der Waals surface area contributed by atoms with Crippen LogP contribution < -0.4 is 29.7 Å². The second-order valence-electron chi connectivity index (χ2n) is 20.5. The zero-order valence-corrected chi connectivity index (χ0v) is 39.6. The van der Waals surface area contributed by atoms with Gasteiger partial charge in [0, 0.05) is 92.2 Å². The number of carbonyl (C=O) groups excluding carboxylic acids is 4. The lowest BCUT2D eigenvalue weighted by Crippen LogP contribution is -2.66. The first-order chi connectivity index (χ1) is 31.6. The third kappa shape index (κ3) is 10.2. The number of hydrogen-bond acceptors (Lipinski definition) is 11. The Morgan fingerprint density at radius 1 is 0.864 bits per heavy atom. The third-order valence-corrected chi connectivity index (χ3v) is 15.2. The number of hydrogen-bond donors (Lipinski definition) is 2. The van der Waals surface area contributed by atoms with Gasteiger partial charge in [-0.1, -0.05) is 27.7 Å². The minimum absolute atomic E-state index is 0.0255. The summed E-state index contributed by atoms with van der Waals surface area (Å²) in [5, 5.41) is 14.6. The molecule has 3 aromatic rings. The first-order valence-corrected chi connectivity index (χ1v) is 24.1. The van der Waals surface area contributed by atoms with Crippen molar-refractivity contribution in [1.82, 2.24) is 15.5 Å². The maximum absolute atomic E-state index is 13.8. The first-order valence-electron chi connectivity index (χ1n) is 24.1. The van der Waals surface area contributed by atoms with Crippen LogP contribution in [-0.2, 0) is 14.3 Å². The number of ketones is 1. The summed E-state index contributed by atoms with van der Waals surface area (Å²) < 4.78 is 25.4. The van der Waals surface area contributed by atoms with E-state index in [1.54, 1.807) is 18.2 Å². The Kier molecular flexibility index (Phi) is 14.1. The van der Waals surface area contributed by atoms with E-state index in [4.69, 9.17) is 18.9 Å². The Labute approximate surface area is 389 Å². The van der Waals surface area contributed by atoms with Crippen LogP contribution in [0.2, 0.25) is 0 Å². The lowest BCUT2D eigenvalue weighted by molar-refractivity contribution is -0.196. The van der Waals surface area contributed by atoms with Crippen molar-refractivity contribution < 1.29 is 38.1 Å². The molecule has 1 atom stereocenters. The lowest BCUT2D eigenvalue weighted by atomic mass is 9.44. The van der Waals surface area contributed by atoms with E-state index in [1.165, 1.54) is 0 Å². The number of fused-ring (bicyclic) bond motifs is 8. The van der Waals surface area contributed by atoms with Crippen molar-refractivity contribution in [2.24, 2.45) is 22.7 Å². The van der Waals surface area contributed by atoms with Gasteiger partial charge in [0.15, 0.2) is 17.3 Å². The number of rotatable bonds is 10. The summed E-state index contributed by atoms with van der Waals surface area (Å²) in [5.74, 6) is 1.52. The summed E-state index contributed by atoms with van der Waals surface area (Å²) >= 11 is 0. The highest BCUT2D eigenvalue weighted by atomic mass is 16.5.